The van der Waals surface area contributed by atoms with E-state index in [-0.39, 0.29) is 11.5 Å². The van der Waals surface area contributed by atoms with Crippen LogP contribution in [0.4, 0.5) is 10.1 Å². The Morgan fingerprint density at radius 1 is 1.28 bits per heavy atom. The number of benzene rings is 2. The summed E-state index contributed by atoms with van der Waals surface area (Å²) in [5.74, 6) is -1.13. The van der Waals surface area contributed by atoms with Crippen LogP contribution in [0.25, 0.3) is 27.0 Å². The number of H-pyrrole nitrogens is 1. The van der Waals surface area contributed by atoms with Crippen LogP contribution in [0.1, 0.15) is 12.5 Å². The third-order valence-corrected chi connectivity index (χ3v) is 7.11. The first-order chi connectivity index (χ1) is 13.6. The molecule has 4 rings (SSSR count). The lowest BCUT2D eigenvalue weighted by molar-refractivity contribution is 0.458. The number of aromatic nitrogens is 1. The van der Waals surface area contributed by atoms with E-state index in [1.54, 1.807) is 31.2 Å². The lowest BCUT2D eigenvalue weighted by Gasteiger charge is -2.34. The van der Waals surface area contributed by atoms with Crippen molar-refractivity contribution in [2.45, 2.75) is 12.5 Å². The Morgan fingerprint density at radius 2 is 2.03 bits per heavy atom. The van der Waals surface area contributed by atoms with Gasteiger partial charge in [0.05, 0.1) is 12.3 Å². The van der Waals surface area contributed by atoms with Crippen molar-refractivity contribution in [3.05, 3.63) is 65.3 Å². The number of aromatic amines is 1. The minimum atomic E-state index is -3.71. The van der Waals surface area contributed by atoms with E-state index in [1.165, 1.54) is 13.1 Å². The predicted molar refractivity (Wildman–Crippen MR) is 110 cm³/mol. The Kier molecular flexibility index (Phi) is 4.13. The summed E-state index contributed by atoms with van der Waals surface area (Å²) in [6, 6.07) is 11.7. The zero-order valence-electron chi connectivity index (χ0n) is 15.8. The van der Waals surface area contributed by atoms with E-state index < -0.39 is 27.1 Å². The smallest absolute Gasteiger partial charge is 0.239 e. The highest BCUT2D eigenvalue weighted by Crippen LogP contribution is 2.36. The molecule has 2 aromatic carbocycles. The second-order valence-electron chi connectivity index (χ2n) is 7.23. The molecule has 1 aliphatic rings. The Morgan fingerprint density at radius 3 is 2.72 bits per heavy atom. The van der Waals surface area contributed by atoms with Gasteiger partial charge in [-0.05, 0) is 48.2 Å². The van der Waals surface area contributed by atoms with Crippen molar-refractivity contribution < 1.29 is 12.8 Å². The fourth-order valence-electron chi connectivity index (χ4n) is 3.53. The van der Waals surface area contributed by atoms with Crippen LogP contribution in [0.5, 0.6) is 0 Å². The molecule has 7 nitrogen and oxygen atoms in total. The number of nitrogens with zero attached hydrogens (tertiary/aromatic N) is 3. The Balaban J connectivity index is 1.84. The first-order valence-corrected chi connectivity index (χ1v) is 10.4. The van der Waals surface area contributed by atoms with Crippen LogP contribution < -0.4 is 5.73 Å². The van der Waals surface area contributed by atoms with Crippen molar-refractivity contribution in [3.8, 4) is 11.3 Å². The molecule has 29 heavy (non-hydrogen) atoms. The summed E-state index contributed by atoms with van der Waals surface area (Å²) < 4.78 is 40.5. The summed E-state index contributed by atoms with van der Waals surface area (Å²) in [4.78, 5) is 10.9. The van der Waals surface area contributed by atoms with Crippen LogP contribution in [0.3, 0.4) is 0 Å². The van der Waals surface area contributed by atoms with Gasteiger partial charge in [0.25, 0.3) is 0 Å². The highest BCUT2D eigenvalue weighted by atomic mass is 32.2. The summed E-state index contributed by atoms with van der Waals surface area (Å²) in [5, 5.41) is 0.911. The van der Waals surface area contributed by atoms with Gasteiger partial charge in [-0.25, -0.2) is 27.0 Å². The molecule has 0 fully saturated rings. The van der Waals surface area contributed by atoms with E-state index in [1.807, 2.05) is 12.1 Å². The van der Waals surface area contributed by atoms with Crippen LogP contribution in [-0.2, 0) is 15.6 Å². The first kappa shape index (κ1) is 19.0. The topological polar surface area (TPSA) is 95.9 Å². The maximum atomic E-state index is 14.7. The molecule has 0 saturated carbocycles. The van der Waals surface area contributed by atoms with Crippen LogP contribution in [0.15, 0.2) is 47.5 Å². The molecule has 0 amide bonds. The SMILES string of the molecule is [C-]#[N+]c1ccc2cc(-c3ccc(F)c([C@]4(C)CS(=O)(=O)N(C)C(N)=N4)c3)[nH]c2c1. The normalized spacial score (nSPS) is 21.0. The van der Waals surface area contributed by atoms with Gasteiger partial charge in [0.1, 0.15) is 11.4 Å². The maximum absolute atomic E-state index is 14.7. The van der Waals surface area contributed by atoms with Crippen LogP contribution in [0.2, 0.25) is 0 Å². The molecular weight excluding hydrogens is 393 g/mol. The maximum Gasteiger partial charge on any atom is 0.239 e. The molecule has 1 aliphatic heterocycles. The summed E-state index contributed by atoms with van der Waals surface area (Å²) >= 11 is 0. The van der Waals surface area contributed by atoms with Crippen molar-refractivity contribution in [1.82, 2.24) is 9.29 Å². The molecule has 3 N–H and O–H groups in total. The van der Waals surface area contributed by atoms with Crippen molar-refractivity contribution >= 4 is 32.6 Å². The average Bonchev–Trinajstić information content (AvgIpc) is 3.09. The number of sulfonamides is 1. The van der Waals surface area contributed by atoms with Gasteiger partial charge >= 0.3 is 0 Å². The van der Waals surface area contributed by atoms with E-state index in [2.05, 4.69) is 14.8 Å². The van der Waals surface area contributed by atoms with Crippen molar-refractivity contribution in [1.29, 1.82) is 0 Å². The number of hydrogen-bond donors (Lipinski definition) is 2. The number of halogens is 1. The third kappa shape index (κ3) is 3.11. The van der Waals surface area contributed by atoms with Gasteiger partial charge in [-0.2, -0.15) is 0 Å². The van der Waals surface area contributed by atoms with Crippen LogP contribution in [-0.4, -0.2) is 36.5 Å². The minimum absolute atomic E-state index is 0.148. The Bertz CT molecular complexity index is 1320. The number of hydrogen-bond acceptors (Lipinski definition) is 4. The van der Waals surface area contributed by atoms with Crippen molar-refractivity contribution in [3.63, 3.8) is 0 Å². The lowest BCUT2D eigenvalue weighted by atomic mass is 9.92. The number of nitrogens with two attached hydrogens (primary N) is 1. The number of aliphatic imine (C=N–C) groups is 1. The van der Waals surface area contributed by atoms with E-state index in [9.17, 15) is 12.8 Å². The van der Waals surface area contributed by atoms with E-state index in [0.717, 1.165) is 20.9 Å². The fourth-order valence-corrected chi connectivity index (χ4v) is 4.98. The van der Waals surface area contributed by atoms with E-state index >= 15 is 0 Å². The standard InChI is InChI=1S/C20H18FN5O2S/c1-20(11-29(27,28)26(3)19(22)25-20)15-8-12(5-7-16(15)21)17-9-13-4-6-14(23-2)10-18(13)24-17/h4-10,24H,11H2,1,3H3,(H2,22,25)/t20-/m0/s1. The summed E-state index contributed by atoms with van der Waals surface area (Å²) in [6.45, 7) is 8.69. The zero-order valence-corrected chi connectivity index (χ0v) is 16.6. The molecule has 0 radical (unpaired) electrons. The Labute approximate surface area is 167 Å². The molecule has 0 bridgehead atoms. The summed E-state index contributed by atoms with van der Waals surface area (Å²) in [5.41, 5.74) is 7.28. The molecule has 0 unspecified atom stereocenters. The second-order valence-corrected chi connectivity index (χ2v) is 9.23. The van der Waals surface area contributed by atoms with Gasteiger partial charge in [-0.3, -0.25) is 0 Å². The zero-order chi connectivity index (χ0) is 21.0. The molecule has 0 saturated heterocycles. The molecule has 0 aliphatic carbocycles. The average molecular weight is 411 g/mol. The van der Waals surface area contributed by atoms with Gasteiger partial charge < -0.3 is 10.7 Å². The van der Waals surface area contributed by atoms with E-state index in [0.29, 0.717) is 11.3 Å². The van der Waals surface area contributed by atoms with Gasteiger partial charge in [0, 0.05) is 23.8 Å². The number of nitrogens with one attached hydrogen (secondary N) is 1. The molecule has 9 heteroatoms. The quantitative estimate of drug-likeness (QED) is 0.633. The molecule has 3 aromatic rings. The summed E-state index contributed by atoms with van der Waals surface area (Å²) in [7, 11) is -2.39. The van der Waals surface area contributed by atoms with Crippen LogP contribution in [0, 0.1) is 12.4 Å². The predicted octanol–water partition coefficient (Wildman–Crippen LogP) is 3.33. The van der Waals surface area contributed by atoms with Gasteiger partial charge in [0.15, 0.2) is 5.69 Å². The highest BCUT2D eigenvalue weighted by molar-refractivity contribution is 7.89. The monoisotopic (exact) mass is 411 g/mol. The fraction of sp³-hybridized carbons (Fsp3) is 0.200. The number of rotatable bonds is 2. The van der Waals surface area contributed by atoms with Crippen LogP contribution >= 0.6 is 0 Å². The van der Waals surface area contributed by atoms with Gasteiger partial charge in [-0.1, -0.05) is 12.1 Å². The largest absolute Gasteiger partial charge is 0.369 e. The van der Waals surface area contributed by atoms with Gasteiger partial charge in [0.2, 0.25) is 16.0 Å². The molecule has 1 aromatic heterocycles. The molecular formula is C20H18FN5O2S. The highest BCUT2D eigenvalue weighted by Gasteiger charge is 2.41. The second kappa shape index (κ2) is 6.32. The third-order valence-electron chi connectivity index (χ3n) is 5.16. The van der Waals surface area contributed by atoms with E-state index in [4.69, 9.17) is 12.3 Å². The molecule has 1 atom stereocenters. The first-order valence-electron chi connectivity index (χ1n) is 8.75. The van der Waals surface area contributed by atoms with Crippen molar-refractivity contribution in [2.75, 3.05) is 12.8 Å². The van der Waals surface area contributed by atoms with Crippen molar-refractivity contribution in [2.24, 2.45) is 10.7 Å². The molecule has 2 heterocycles. The summed E-state index contributed by atoms with van der Waals surface area (Å²) in [6.07, 6.45) is 0. The molecule has 148 valence electrons. The Hall–Kier alpha value is -3.38. The molecule has 0 spiro atoms. The lowest BCUT2D eigenvalue weighted by Crippen LogP contribution is -2.50. The van der Waals surface area contributed by atoms with Gasteiger partial charge in [-0.15, -0.1) is 0 Å². The number of fused-ring (bicyclic) bond motifs is 1. The minimum Gasteiger partial charge on any atom is -0.369 e. The number of guanidine groups is 1.